The smallest absolute Gasteiger partial charge is 0.303 e. The second-order valence-corrected chi connectivity index (χ2v) is 4.94. The van der Waals surface area contributed by atoms with Crippen molar-refractivity contribution in [2.75, 3.05) is 11.9 Å². The molecule has 1 aliphatic heterocycles. The van der Waals surface area contributed by atoms with Gasteiger partial charge in [-0.25, -0.2) is 0 Å². The van der Waals surface area contributed by atoms with E-state index in [1.165, 1.54) is 0 Å². The molecule has 108 valence electrons. The minimum atomic E-state index is -0.824. The fourth-order valence-electron chi connectivity index (χ4n) is 2.23. The predicted octanol–water partition coefficient (Wildman–Crippen LogP) is 2.21. The molecule has 1 saturated heterocycles. The Kier molecular flexibility index (Phi) is 5.12. The summed E-state index contributed by atoms with van der Waals surface area (Å²) < 4.78 is 5.43. The number of aryl methyl sites for hydroxylation is 1. The zero-order valence-electron chi connectivity index (χ0n) is 11.3. The quantitative estimate of drug-likeness (QED) is 0.865. The molecule has 0 aliphatic carbocycles. The van der Waals surface area contributed by atoms with Crippen molar-refractivity contribution in [1.82, 2.24) is 0 Å². The third-order valence-corrected chi connectivity index (χ3v) is 3.29. The molecule has 5 nitrogen and oxygen atoms in total. The largest absolute Gasteiger partial charge is 0.481 e. The topological polar surface area (TPSA) is 75.6 Å². The highest BCUT2D eigenvalue weighted by Crippen LogP contribution is 2.17. The summed E-state index contributed by atoms with van der Waals surface area (Å²) in [6.07, 6.45) is 2.95. The van der Waals surface area contributed by atoms with Crippen molar-refractivity contribution in [3.8, 4) is 0 Å². The van der Waals surface area contributed by atoms with Crippen molar-refractivity contribution < 1.29 is 19.4 Å². The molecule has 1 aromatic carbocycles. The second-order valence-electron chi connectivity index (χ2n) is 4.94. The van der Waals surface area contributed by atoms with Gasteiger partial charge in [0.2, 0.25) is 0 Å². The molecule has 0 spiro atoms. The average molecular weight is 277 g/mol. The van der Waals surface area contributed by atoms with E-state index in [1.807, 2.05) is 18.2 Å². The van der Waals surface area contributed by atoms with Crippen LogP contribution in [0, 0.1) is 0 Å². The third-order valence-electron chi connectivity index (χ3n) is 3.29. The van der Waals surface area contributed by atoms with Crippen LogP contribution in [0.2, 0.25) is 0 Å². The number of aliphatic carboxylic acids is 1. The van der Waals surface area contributed by atoms with Gasteiger partial charge in [0.1, 0.15) is 6.10 Å². The number of carboxylic acid groups (broad SMARTS) is 1. The van der Waals surface area contributed by atoms with Gasteiger partial charge in [-0.1, -0.05) is 12.1 Å². The highest BCUT2D eigenvalue weighted by Gasteiger charge is 2.21. The summed E-state index contributed by atoms with van der Waals surface area (Å²) in [6.45, 7) is 0.636. The zero-order chi connectivity index (χ0) is 14.4. The Labute approximate surface area is 117 Å². The zero-order valence-corrected chi connectivity index (χ0v) is 11.3. The fraction of sp³-hybridized carbons (Fsp3) is 0.467. The molecule has 1 fully saturated rings. The van der Waals surface area contributed by atoms with Crippen molar-refractivity contribution in [1.29, 1.82) is 0 Å². The molecular formula is C15H19NO4. The summed E-state index contributed by atoms with van der Waals surface area (Å²) >= 11 is 0. The summed E-state index contributed by atoms with van der Waals surface area (Å²) in [6, 6.07) is 7.28. The third kappa shape index (κ3) is 4.35. The summed E-state index contributed by atoms with van der Waals surface area (Å²) in [5.41, 5.74) is 1.59. The van der Waals surface area contributed by atoms with Gasteiger partial charge in [-0.15, -0.1) is 0 Å². The SMILES string of the molecule is O=C(O)CCc1cccc(NC(=O)C2CCCCO2)c1. The van der Waals surface area contributed by atoms with Crippen LogP contribution in [-0.4, -0.2) is 29.7 Å². The summed E-state index contributed by atoms with van der Waals surface area (Å²) in [4.78, 5) is 22.6. The van der Waals surface area contributed by atoms with Crippen LogP contribution in [0.15, 0.2) is 24.3 Å². The molecule has 2 N–H and O–H groups in total. The van der Waals surface area contributed by atoms with E-state index in [1.54, 1.807) is 6.07 Å². The average Bonchev–Trinajstić information content (AvgIpc) is 2.46. The highest BCUT2D eigenvalue weighted by atomic mass is 16.5. The molecule has 0 saturated carbocycles. The number of benzene rings is 1. The van der Waals surface area contributed by atoms with Crippen LogP contribution >= 0.6 is 0 Å². The van der Waals surface area contributed by atoms with Gasteiger partial charge in [0.25, 0.3) is 5.91 Å². The Hall–Kier alpha value is -1.88. The van der Waals surface area contributed by atoms with Crippen LogP contribution in [0.25, 0.3) is 0 Å². The predicted molar refractivity (Wildman–Crippen MR) is 74.6 cm³/mol. The van der Waals surface area contributed by atoms with Crippen LogP contribution in [0.5, 0.6) is 0 Å². The maximum absolute atomic E-state index is 12.0. The van der Waals surface area contributed by atoms with E-state index in [9.17, 15) is 9.59 Å². The van der Waals surface area contributed by atoms with Crippen LogP contribution in [0.4, 0.5) is 5.69 Å². The first kappa shape index (κ1) is 14.5. The lowest BCUT2D eigenvalue weighted by molar-refractivity contribution is -0.137. The van der Waals surface area contributed by atoms with Gasteiger partial charge in [0.15, 0.2) is 0 Å². The number of ether oxygens (including phenoxy) is 1. The Morgan fingerprint density at radius 3 is 2.90 bits per heavy atom. The first-order valence-electron chi connectivity index (χ1n) is 6.88. The molecule has 1 amide bonds. The Morgan fingerprint density at radius 1 is 1.35 bits per heavy atom. The molecule has 0 aromatic heterocycles. The Morgan fingerprint density at radius 2 is 2.20 bits per heavy atom. The molecule has 1 aromatic rings. The molecule has 1 heterocycles. The number of rotatable bonds is 5. The van der Waals surface area contributed by atoms with E-state index in [0.29, 0.717) is 18.7 Å². The van der Waals surface area contributed by atoms with E-state index in [0.717, 1.165) is 24.8 Å². The summed E-state index contributed by atoms with van der Waals surface area (Å²) in [5.74, 6) is -0.949. The molecular weight excluding hydrogens is 258 g/mol. The molecule has 0 bridgehead atoms. The van der Waals surface area contributed by atoms with Crippen molar-refractivity contribution in [3.63, 3.8) is 0 Å². The number of amides is 1. The van der Waals surface area contributed by atoms with Gasteiger partial charge in [0, 0.05) is 18.7 Å². The van der Waals surface area contributed by atoms with Gasteiger partial charge >= 0.3 is 5.97 Å². The maximum Gasteiger partial charge on any atom is 0.303 e. The lowest BCUT2D eigenvalue weighted by atomic mass is 10.1. The molecule has 0 radical (unpaired) electrons. The van der Waals surface area contributed by atoms with Crippen LogP contribution in [0.3, 0.4) is 0 Å². The van der Waals surface area contributed by atoms with Gasteiger partial charge in [-0.2, -0.15) is 0 Å². The van der Waals surface area contributed by atoms with E-state index in [4.69, 9.17) is 9.84 Å². The lowest BCUT2D eigenvalue weighted by Gasteiger charge is -2.21. The van der Waals surface area contributed by atoms with Gasteiger partial charge in [-0.3, -0.25) is 9.59 Å². The molecule has 1 atom stereocenters. The molecule has 1 unspecified atom stereocenters. The van der Waals surface area contributed by atoms with Crippen LogP contribution in [-0.2, 0) is 20.7 Å². The lowest BCUT2D eigenvalue weighted by Crippen LogP contribution is -2.33. The summed E-state index contributed by atoms with van der Waals surface area (Å²) in [7, 11) is 0. The minimum absolute atomic E-state index is 0.0864. The van der Waals surface area contributed by atoms with Crippen molar-refractivity contribution in [2.45, 2.75) is 38.2 Å². The van der Waals surface area contributed by atoms with Crippen LogP contribution in [0.1, 0.15) is 31.2 Å². The maximum atomic E-state index is 12.0. The Balaban J connectivity index is 1.93. The van der Waals surface area contributed by atoms with Gasteiger partial charge < -0.3 is 15.2 Å². The normalized spacial score (nSPS) is 18.5. The number of hydrogen-bond donors (Lipinski definition) is 2. The number of nitrogens with one attached hydrogen (secondary N) is 1. The second kappa shape index (κ2) is 7.05. The standard InChI is InChI=1S/C15H19NO4/c17-14(18)8-7-11-4-3-5-12(10-11)16-15(19)13-6-1-2-9-20-13/h3-5,10,13H,1-2,6-9H2,(H,16,19)(H,17,18). The molecule has 20 heavy (non-hydrogen) atoms. The summed E-state index contributed by atoms with van der Waals surface area (Å²) in [5, 5.41) is 11.5. The van der Waals surface area contributed by atoms with Gasteiger partial charge in [0.05, 0.1) is 0 Å². The first-order chi connectivity index (χ1) is 9.65. The number of carbonyl (C=O) groups excluding carboxylic acids is 1. The highest BCUT2D eigenvalue weighted by molar-refractivity contribution is 5.94. The molecule has 1 aliphatic rings. The van der Waals surface area contributed by atoms with Crippen molar-refractivity contribution >= 4 is 17.6 Å². The fourth-order valence-corrected chi connectivity index (χ4v) is 2.23. The van der Waals surface area contributed by atoms with Crippen molar-refractivity contribution in [3.05, 3.63) is 29.8 Å². The van der Waals surface area contributed by atoms with Crippen LogP contribution < -0.4 is 5.32 Å². The first-order valence-corrected chi connectivity index (χ1v) is 6.88. The van der Waals surface area contributed by atoms with E-state index in [2.05, 4.69) is 5.32 Å². The molecule has 2 rings (SSSR count). The van der Waals surface area contributed by atoms with Gasteiger partial charge in [-0.05, 0) is 43.4 Å². The Bertz CT molecular complexity index is 481. The van der Waals surface area contributed by atoms with Crippen molar-refractivity contribution in [2.24, 2.45) is 0 Å². The van der Waals surface area contributed by atoms with E-state index in [-0.39, 0.29) is 18.4 Å². The number of carbonyl (C=O) groups is 2. The number of anilines is 1. The van der Waals surface area contributed by atoms with E-state index >= 15 is 0 Å². The minimum Gasteiger partial charge on any atom is -0.481 e. The monoisotopic (exact) mass is 277 g/mol. The van der Waals surface area contributed by atoms with E-state index < -0.39 is 5.97 Å². The molecule has 5 heteroatoms. The number of hydrogen-bond acceptors (Lipinski definition) is 3. The number of carboxylic acids is 1.